The third kappa shape index (κ3) is 3.31. The van der Waals surface area contributed by atoms with E-state index in [1.807, 2.05) is 24.3 Å². The van der Waals surface area contributed by atoms with Crippen LogP contribution in [0, 0.1) is 0 Å². The standard InChI is InChI=1S/C16H20N2OS/c1-3-7-13-9-5-11-17-15(13)20(19)16-14(8-4-2)10-6-12-18-16/h5-6,9-12H,3-4,7-8H2,1-2H3. The van der Waals surface area contributed by atoms with Gasteiger partial charge >= 0.3 is 0 Å². The van der Waals surface area contributed by atoms with E-state index in [9.17, 15) is 4.21 Å². The summed E-state index contributed by atoms with van der Waals surface area (Å²) in [7, 11) is -1.30. The average Bonchev–Trinajstić information content (AvgIpc) is 2.48. The summed E-state index contributed by atoms with van der Waals surface area (Å²) < 4.78 is 12.8. The molecule has 20 heavy (non-hydrogen) atoms. The summed E-state index contributed by atoms with van der Waals surface area (Å²) in [5, 5.41) is 1.32. The fraction of sp³-hybridized carbons (Fsp3) is 0.375. The summed E-state index contributed by atoms with van der Waals surface area (Å²) in [5.74, 6) is 0. The maximum Gasteiger partial charge on any atom is 0.136 e. The van der Waals surface area contributed by atoms with Crippen molar-refractivity contribution >= 4 is 10.8 Å². The van der Waals surface area contributed by atoms with Gasteiger partial charge in [-0.1, -0.05) is 38.8 Å². The first kappa shape index (κ1) is 14.9. The smallest absolute Gasteiger partial charge is 0.136 e. The molecule has 106 valence electrons. The van der Waals surface area contributed by atoms with Crippen molar-refractivity contribution in [3.05, 3.63) is 47.8 Å². The highest BCUT2D eigenvalue weighted by molar-refractivity contribution is 7.85. The average molecular weight is 288 g/mol. The molecule has 3 nitrogen and oxygen atoms in total. The Morgan fingerprint density at radius 2 is 1.35 bits per heavy atom. The molecule has 0 spiro atoms. The first-order valence-corrected chi connectivity index (χ1v) is 8.22. The fourth-order valence-electron chi connectivity index (χ4n) is 2.19. The van der Waals surface area contributed by atoms with E-state index >= 15 is 0 Å². The lowest BCUT2D eigenvalue weighted by Gasteiger charge is -2.09. The van der Waals surface area contributed by atoms with Gasteiger partial charge < -0.3 is 0 Å². The zero-order valence-corrected chi connectivity index (χ0v) is 12.8. The van der Waals surface area contributed by atoms with E-state index in [4.69, 9.17) is 0 Å². The highest BCUT2D eigenvalue weighted by Gasteiger charge is 2.17. The topological polar surface area (TPSA) is 42.9 Å². The Balaban J connectivity index is 2.41. The van der Waals surface area contributed by atoms with Crippen molar-refractivity contribution in [2.45, 2.75) is 49.6 Å². The molecule has 0 saturated carbocycles. The van der Waals surface area contributed by atoms with Crippen LogP contribution in [0.5, 0.6) is 0 Å². The van der Waals surface area contributed by atoms with Crippen LogP contribution in [0.3, 0.4) is 0 Å². The molecule has 4 heteroatoms. The number of pyridine rings is 2. The van der Waals surface area contributed by atoms with Crippen LogP contribution in [0.4, 0.5) is 0 Å². The molecule has 0 radical (unpaired) electrons. The molecule has 2 aromatic heterocycles. The Bertz CT molecular complexity index is 547. The highest BCUT2D eigenvalue weighted by Crippen LogP contribution is 2.21. The van der Waals surface area contributed by atoms with Gasteiger partial charge in [0.25, 0.3) is 0 Å². The Kier molecular flexibility index (Phi) is 5.41. The molecular formula is C16H20N2OS. The summed E-state index contributed by atoms with van der Waals surface area (Å²) >= 11 is 0. The predicted octanol–water partition coefficient (Wildman–Crippen LogP) is 3.55. The Hall–Kier alpha value is -1.55. The lowest BCUT2D eigenvalue weighted by Crippen LogP contribution is -2.06. The minimum atomic E-state index is -1.30. The summed E-state index contributed by atoms with van der Waals surface area (Å²) in [5.41, 5.74) is 2.11. The molecule has 0 fully saturated rings. The van der Waals surface area contributed by atoms with Gasteiger partial charge in [-0.3, -0.25) is 0 Å². The second kappa shape index (κ2) is 7.29. The zero-order valence-electron chi connectivity index (χ0n) is 12.0. The van der Waals surface area contributed by atoms with Crippen molar-refractivity contribution in [3.8, 4) is 0 Å². The quantitative estimate of drug-likeness (QED) is 0.816. The third-order valence-electron chi connectivity index (χ3n) is 3.09. The van der Waals surface area contributed by atoms with Crippen molar-refractivity contribution < 1.29 is 4.21 Å². The van der Waals surface area contributed by atoms with Crippen LogP contribution in [0.15, 0.2) is 46.7 Å². The van der Waals surface area contributed by atoms with Crippen molar-refractivity contribution in [2.75, 3.05) is 0 Å². The number of rotatable bonds is 6. The predicted molar refractivity (Wildman–Crippen MR) is 81.1 cm³/mol. The van der Waals surface area contributed by atoms with Gasteiger partial charge in [-0.25, -0.2) is 14.2 Å². The second-order valence-corrected chi connectivity index (χ2v) is 6.01. The molecule has 0 aliphatic rings. The first-order valence-electron chi connectivity index (χ1n) is 7.07. The molecule has 0 bridgehead atoms. The maximum atomic E-state index is 12.8. The van der Waals surface area contributed by atoms with Gasteiger partial charge in [-0.15, -0.1) is 0 Å². The van der Waals surface area contributed by atoms with Crippen LogP contribution >= 0.6 is 0 Å². The van der Waals surface area contributed by atoms with Gasteiger partial charge in [0, 0.05) is 12.4 Å². The Labute approximate surface area is 122 Å². The Morgan fingerprint density at radius 3 is 1.75 bits per heavy atom. The normalized spacial score (nSPS) is 10.9. The minimum absolute atomic E-state index is 0.658. The zero-order chi connectivity index (χ0) is 14.4. The van der Waals surface area contributed by atoms with Gasteiger partial charge in [0.05, 0.1) is 0 Å². The molecule has 2 aromatic rings. The highest BCUT2D eigenvalue weighted by atomic mass is 32.2. The summed E-state index contributed by atoms with van der Waals surface area (Å²) in [6, 6.07) is 7.81. The summed E-state index contributed by atoms with van der Waals surface area (Å²) in [6.45, 7) is 4.23. The van der Waals surface area contributed by atoms with Gasteiger partial charge in [-0.2, -0.15) is 0 Å². The molecule has 0 aliphatic heterocycles. The van der Waals surface area contributed by atoms with Crippen LogP contribution in [-0.4, -0.2) is 14.2 Å². The van der Waals surface area contributed by atoms with Gasteiger partial charge in [0.15, 0.2) is 0 Å². The van der Waals surface area contributed by atoms with E-state index in [0.29, 0.717) is 10.1 Å². The Morgan fingerprint density at radius 1 is 0.900 bits per heavy atom. The SMILES string of the molecule is CCCc1cccnc1S(=O)c1ncccc1CCC. The molecular weight excluding hydrogens is 268 g/mol. The second-order valence-electron chi connectivity index (χ2n) is 4.70. The largest absolute Gasteiger partial charge is 0.247 e. The number of nitrogens with zero attached hydrogens (tertiary/aromatic N) is 2. The molecule has 0 N–H and O–H groups in total. The van der Waals surface area contributed by atoms with Crippen LogP contribution in [0.25, 0.3) is 0 Å². The fourth-order valence-corrected chi connectivity index (χ4v) is 3.51. The number of hydrogen-bond donors (Lipinski definition) is 0. The van der Waals surface area contributed by atoms with E-state index in [2.05, 4.69) is 23.8 Å². The summed E-state index contributed by atoms with van der Waals surface area (Å²) in [4.78, 5) is 8.67. The molecule has 0 amide bonds. The first-order chi connectivity index (χ1) is 9.77. The van der Waals surface area contributed by atoms with E-state index < -0.39 is 10.8 Å². The van der Waals surface area contributed by atoms with Crippen molar-refractivity contribution in [2.24, 2.45) is 0 Å². The maximum absolute atomic E-state index is 12.8. The van der Waals surface area contributed by atoms with Gasteiger partial charge in [0.1, 0.15) is 20.9 Å². The van der Waals surface area contributed by atoms with E-state index in [0.717, 1.165) is 36.8 Å². The van der Waals surface area contributed by atoms with Crippen LogP contribution < -0.4 is 0 Å². The molecule has 0 aliphatic carbocycles. The monoisotopic (exact) mass is 288 g/mol. The number of aryl methyl sites for hydroxylation is 2. The third-order valence-corrected chi connectivity index (χ3v) is 4.53. The molecule has 0 atom stereocenters. The minimum Gasteiger partial charge on any atom is -0.247 e. The number of aromatic nitrogens is 2. The molecule has 2 rings (SSSR count). The molecule has 0 aromatic carbocycles. The van der Waals surface area contributed by atoms with Crippen LogP contribution in [0.2, 0.25) is 0 Å². The van der Waals surface area contributed by atoms with Gasteiger partial charge in [-0.05, 0) is 36.1 Å². The van der Waals surface area contributed by atoms with E-state index in [1.165, 1.54) is 0 Å². The van der Waals surface area contributed by atoms with Crippen LogP contribution in [0.1, 0.15) is 37.8 Å². The van der Waals surface area contributed by atoms with E-state index in [1.54, 1.807) is 12.4 Å². The van der Waals surface area contributed by atoms with Gasteiger partial charge in [0.2, 0.25) is 0 Å². The summed E-state index contributed by atoms with van der Waals surface area (Å²) in [6.07, 6.45) is 7.22. The van der Waals surface area contributed by atoms with Crippen LogP contribution in [-0.2, 0) is 23.6 Å². The lowest BCUT2D eigenvalue weighted by atomic mass is 10.2. The van der Waals surface area contributed by atoms with Crippen molar-refractivity contribution in [1.82, 2.24) is 9.97 Å². The van der Waals surface area contributed by atoms with Crippen molar-refractivity contribution in [3.63, 3.8) is 0 Å². The lowest BCUT2D eigenvalue weighted by molar-refractivity contribution is 0.673. The molecule has 0 unspecified atom stereocenters. The number of hydrogen-bond acceptors (Lipinski definition) is 3. The molecule has 0 saturated heterocycles. The van der Waals surface area contributed by atoms with Crippen molar-refractivity contribution in [1.29, 1.82) is 0 Å². The molecule has 2 heterocycles. The van der Waals surface area contributed by atoms with E-state index in [-0.39, 0.29) is 0 Å².